The first-order valence-electron chi connectivity index (χ1n) is 7.64. The van der Waals surface area contributed by atoms with Crippen molar-refractivity contribution in [1.29, 1.82) is 0 Å². The van der Waals surface area contributed by atoms with Gasteiger partial charge in [-0.05, 0) is 25.8 Å². The van der Waals surface area contributed by atoms with E-state index >= 15 is 0 Å². The van der Waals surface area contributed by atoms with E-state index in [0.717, 1.165) is 37.2 Å². The van der Waals surface area contributed by atoms with Crippen LogP contribution in [0.5, 0.6) is 5.75 Å². The van der Waals surface area contributed by atoms with Gasteiger partial charge in [-0.15, -0.1) is 0 Å². The molecule has 114 valence electrons. The van der Waals surface area contributed by atoms with E-state index in [2.05, 4.69) is 10.6 Å². The number of hydrogen-bond acceptors (Lipinski definition) is 3. The molecule has 0 aromatic heterocycles. The maximum atomic E-state index is 12.2. The van der Waals surface area contributed by atoms with E-state index in [9.17, 15) is 4.79 Å². The number of carbonyl (C=O) groups excluding carboxylic acids is 1. The van der Waals surface area contributed by atoms with Crippen molar-refractivity contribution in [2.24, 2.45) is 0 Å². The van der Waals surface area contributed by atoms with Crippen molar-refractivity contribution in [3.8, 4) is 5.75 Å². The van der Waals surface area contributed by atoms with Gasteiger partial charge in [-0.25, -0.2) is 4.79 Å². The number of para-hydroxylation sites is 1. The van der Waals surface area contributed by atoms with Gasteiger partial charge in [0.05, 0.1) is 24.8 Å². The van der Waals surface area contributed by atoms with Crippen LogP contribution in [0.3, 0.4) is 0 Å². The van der Waals surface area contributed by atoms with Crippen LogP contribution in [0.2, 0.25) is 0 Å². The highest BCUT2D eigenvalue weighted by molar-refractivity contribution is 5.75. The number of hydrogen-bond donors (Lipinski definition) is 2. The van der Waals surface area contributed by atoms with Crippen molar-refractivity contribution in [1.82, 2.24) is 10.6 Å². The van der Waals surface area contributed by atoms with Crippen LogP contribution in [-0.2, 0) is 4.74 Å². The number of rotatable bonds is 3. The molecule has 2 heterocycles. The van der Waals surface area contributed by atoms with Gasteiger partial charge in [0.1, 0.15) is 5.75 Å². The molecule has 1 fully saturated rings. The lowest BCUT2D eigenvalue weighted by Crippen LogP contribution is -2.47. The Labute approximate surface area is 125 Å². The Morgan fingerprint density at radius 3 is 2.95 bits per heavy atom. The molecule has 0 spiro atoms. The van der Waals surface area contributed by atoms with Crippen LogP contribution in [0.15, 0.2) is 24.3 Å². The van der Waals surface area contributed by atoms with Crippen LogP contribution in [0.4, 0.5) is 4.79 Å². The highest BCUT2D eigenvalue weighted by Gasteiger charge is 2.26. The summed E-state index contributed by atoms with van der Waals surface area (Å²) in [5.74, 6) is 0.862. The Bertz CT molecular complexity index is 500. The zero-order valence-electron chi connectivity index (χ0n) is 12.3. The fraction of sp³-hybridized carbons (Fsp3) is 0.562. The smallest absolute Gasteiger partial charge is 0.315 e. The Hall–Kier alpha value is -1.75. The molecule has 0 saturated carbocycles. The van der Waals surface area contributed by atoms with Crippen LogP contribution >= 0.6 is 0 Å². The lowest BCUT2D eigenvalue weighted by Gasteiger charge is -2.28. The Balaban J connectivity index is 1.58. The minimum Gasteiger partial charge on any atom is -0.493 e. The molecule has 1 saturated heterocycles. The molecular weight excluding hydrogens is 268 g/mol. The maximum Gasteiger partial charge on any atom is 0.315 e. The average molecular weight is 290 g/mol. The highest BCUT2D eigenvalue weighted by atomic mass is 16.5. The zero-order valence-corrected chi connectivity index (χ0v) is 12.3. The largest absolute Gasteiger partial charge is 0.493 e. The molecule has 2 aliphatic rings. The lowest BCUT2D eigenvalue weighted by atomic mass is 10.0. The summed E-state index contributed by atoms with van der Waals surface area (Å²) < 4.78 is 11.2. The summed E-state index contributed by atoms with van der Waals surface area (Å²) in [6.07, 6.45) is 3.02. The molecule has 3 unspecified atom stereocenters. The second-order valence-electron chi connectivity index (χ2n) is 5.69. The Kier molecular flexibility index (Phi) is 4.29. The van der Waals surface area contributed by atoms with Gasteiger partial charge in [-0.2, -0.15) is 0 Å². The second kappa shape index (κ2) is 6.35. The fourth-order valence-electron chi connectivity index (χ4n) is 2.99. The number of amides is 2. The van der Waals surface area contributed by atoms with Crippen LogP contribution in [0.25, 0.3) is 0 Å². The third-order valence-electron chi connectivity index (χ3n) is 4.15. The van der Waals surface area contributed by atoms with Crippen LogP contribution in [-0.4, -0.2) is 31.4 Å². The normalized spacial score (nSPS) is 25.6. The molecule has 1 aromatic rings. The molecule has 5 nitrogen and oxygen atoms in total. The Morgan fingerprint density at radius 1 is 1.29 bits per heavy atom. The zero-order chi connectivity index (χ0) is 14.7. The van der Waals surface area contributed by atoms with E-state index in [-0.39, 0.29) is 24.2 Å². The molecule has 2 amide bonds. The third kappa shape index (κ3) is 3.29. The third-order valence-corrected chi connectivity index (χ3v) is 4.15. The van der Waals surface area contributed by atoms with E-state index in [1.54, 1.807) is 0 Å². The molecule has 2 N–H and O–H groups in total. The van der Waals surface area contributed by atoms with E-state index in [1.165, 1.54) is 0 Å². The van der Waals surface area contributed by atoms with Crippen molar-refractivity contribution < 1.29 is 14.3 Å². The van der Waals surface area contributed by atoms with Gasteiger partial charge in [-0.3, -0.25) is 0 Å². The topological polar surface area (TPSA) is 59.6 Å². The highest BCUT2D eigenvalue weighted by Crippen LogP contribution is 2.31. The van der Waals surface area contributed by atoms with Crippen molar-refractivity contribution in [2.45, 2.75) is 44.4 Å². The van der Waals surface area contributed by atoms with Gasteiger partial charge in [0.2, 0.25) is 0 Å². The van der Waals surface area contributed by atoms with E-state index < -0.39 is 0 Å². The van der Waals surface area contributed by atoms with Crippen molar-refractivity contribution >= 4 is 6.03 Å². The summed E-state index contributed by atoms with van der Waals surface area (Å²) >= 11 is 0. The standard InChI is InChI=1S/C16H22N2O3/c1-11(14-7-4-9-20-14)17-16(19)18-13-8-10-21-15-6-3-2-5-12(13)15/h2-3,5-6,11,13-14H,4,7-10H2,1H3,(H2,17,18,19). The van der Waals surface area contributed by atoms with Gasteiger partial charge < -0.3 is 20.1 Å². The average Bonchev–Trinajstić information content (AvgIpc) is 3.02. The molecule has 1 aromatic carbocycles. The van der Waals surface area contributed by atoms with Gasteiger partial charge in [0.15, 0.2) is 0 Å². The Morgan fingerprint density at radius 2 is 2.14 bits per heavy atom. The molecule has 21 heavy (non-hydrogen) atoms. The first kappa shape index (κ1) is 14.2. The number of benzene rings is 1. The SMILES string of the molecule is CC(NC(=O)NC1CCOc2ccccc21)C1CCCO1. The van der Waals surface area contributed by atoms with Gasteiger partial charge in [0.25, 0.3) is 0 Å². The molecule has 3 atom stereocenters. The van der Waals surface area contributed by atoms with Crippen molar-refractivity contribution in [2.75, 3.05) is 13.2 Å². The van der Waals surface area contributed by atoms with Crippen LogP contribution in [0, 0.1) is 0 Å². The van der Waals surface area contributed by atoms with Crippen LogP contribution in [0.1, 0.15) is 37.8 Å². The lowest BCUT2D eigenvalue weighted by molar-refractivity contribution is 0.0857. The van der Waals surface area contributed by atoms with Crippen molar-refractivity contribution in [3.63, 3.8) is 0 Å². The summed E-state index contributed by atoms with van der Waals surface area (Å²) in [6.45, 7) is 3.42. The first-order chi connectivity index (χ1) is 10.2. The van der Waals surface area contributed by atoms with Gasteiger partial charge in [0, 0.05) is 18.6 Å². The summed E-state index contributed by atoms with van der Waals surface area (Å²) in [6, 6.07) is 7.75. The second-order valence-corrected chi connectivity index (χ2v) is 5.69. The summed E-state index contributed by atoms with van der Waals surface area (Å²) in [5.41, 5.74) is 1.05. The first-order valence-corrected chi connectivity index (χ1v) is 7.64. The van der Waals surface area contributed by atoms with Crippen LogP contribution < -0.4 is 15.4 Å². The summed E-state index contributed by atoms with van der Waals surface area (Å²) in [4.78, 5) is 12.2. The predicted molar refractivity (Wildman–Crippen MR) is 79.4 cm³/mol. The minimum absolute atomic E-state index is 0.00615. The summed E-state index contributed by atoms with van der Waals surface area (Å²) in [7, 11) is 0. The summed E-state index contributed by atoms with van der Waals surface area (Å²) in [5, 5.41) is 6.03. The molecule has 5 heteroatoms. The molecule has 0 bridgehead atoms. The fourth-order valence-corrected chi connectivity index (χ4v) is 2.99. The molecule has 2 aliphatic heterocycles. The molecular formula is C16H22N2O3. The minimum atomic E-state index is -0.139. The number of fused-ring (bicyclic) bond motifs is 1. The maximum absolute atomic E-state index is 12.2. The van der Waals surface area contributed by atoms with Gasteiger partial charge in [-0.1, -0.05) is 18.2 Å². The quantitative estimate of drug-likeness (QED) is 0.898. The van der Waals surface area contributed by atoms with E-state index in [4.69, 9.17) is 9.47 Å². The number of carbonyl (C=O) groups is 1. The van der Waals surface area contributed by atoms with Crippen molar-refractivity contribution in [3.05, 3.63) is 29.8 Å². The monoisotopic (exact) mass is 290 g/mol. The van der Waals surface area contributed by atoms with E-state index in [0.29, 0.717) is 6.61 Å². The van der Waals surface area contributed by atoms with Gasteiger partial charge >= 0.3 is 6.03 Å². The molecule has 3 rings (SSSR count). The number of urea groups is 1. The molecule has 0 radical (unpaired) electrons. The molecule has 0 aliphatic carbocycles. The number of ether oxygens (including phenoxy) is 2. The predicted octanol–water partition coefficient (Wildman–Crippen LogP) is 2.38. The number of nitrogens with one attached hydrogen (secondary N) is 2. The van der Waals surface area contributed by atoms with E-state index in [1.807, 2.05) is 31.2 Å².